The number of aryl methyl sites for hydroxylation is 1. The van der Waals surface area contributed by atoms with Crippen molar-refractivity contribution in [2.45, 2.75) is 13.5 Å². The second-order valence-corrected chi connectivity index (χ2v) is 7.02. The second kappa shape index (κ2) is 7.68. The van der Waals surface area contributed by atoms with Crippen LogP contribution in [-0.4, -0.2) is 18.1 Å². The summed E-state index contributed by atoms with van der Waals surface area (Å²) in [4.78, 5) is 17.9. The molecule has 3 aromatic rings. The average molecular weight is 374 g/mol. The number of esters is 1. The first-order valence-corrected chi connectivity index (χ1v) is 8.78. The van der Waals surface area contributed by atoms with Crippen LogP contribution in [0, 0.1) is 6.92 Å². The number of pyridine rings is 1. The molecule has 2 heterocycles. The first-order chi connectivity index (χ1) is 12.1. The molecule has 0 fully saturated rings. The van der Waals surface area contributed by atoms with E-state index in [1.165, 1.54) is 11.3 Å². The van der Waals surface area contributed by atoms with Crippen LogP contribution in [0.5, 0.6) is 5.75 Å². The topological polar surface area (TPSA) is 48.4 Å². The zero-order valence-corrected chi connectivity index (χ0v) is 15.4. The fraction of sp³-hybridized carbons (Fsp3) is 0.158. The van der Waals surface area contributed by atoms with Crippen LogP contribution in [0.25, 0.3) is 11.1 Å². The molecule has 0 bridgehead atoms. The summed E-state index contributed by atoms with van der Waals surface area (Å²) in [6, 6.07) is 13.1. The summed E-state index contributed by atoms with van der Waals surface area (Å²) in [6.07, 6.45) is 1.60. The number of nitrogens with zero attached hydrogens (tertiary/aromatic N) is 1. The van der Waals surface area contributed by atoms with E-state index in [1.807, 2.05) is 37.3 Å². The highest BCUT2D eigenvalue weighted by atomic mass is 35.5. The molecule has 2 aromatic heterocycles. The predicted octanol–water partition coefficient (Wildman–Crippen LogP) is 5.14. The van der Waals surface area contributed by atoms with Gasteiger partial charge in [0.1, 0.15) is 22.4 Å². The molecule has 3 rings (SSSR count). The molecule has 0 atom stereocenters. The molecule has 1 aromatic carbocycles. The Hall–Kier alpha value is -2.37. The Morgan fingerprint density at radius 3 is 2.60 bits per heavy atom. The molecule has 0 radical (unpaired) electrons. The molecule has 0 N–H and O–H groups in total. The van der Waals surface area contributed by atoms with Crippen LogP contribution in [0.2, 0.25) is 5.15 Å². The van der Waals surface area contributed by atoms with E-state index in [4.69, 9.17) is 21.1 Å². The van der Waals surface area contributed by atoms with Crippen molar-refractivity contribution < 1.29 is 14.3 Å². The Labute approximate surface area is 155 Å². The Kier molecular flexibility index (Phi) is 5.36. The lowest BCUT2D eigenvalue weighted by Crippen LogP contribution is -2.03. The van der Waals surface area contributed by atoms with Crippen molar-refractivity contribution >= 4 is 28.9 Å². The number of ether oxygens (including phenoxy) is 2. The molecular formula is C19H16ClNO3S. The van der Waals surface area contributed by atoms with E-state index in [0.717, 1.165) is 27.3 Å². The van der Waals surface area contributed by atoms with Crippen molar-refractivity contribution in [1.82, 2.24) is 4.98 Å². The monoisotopic (exact) mass is 373 g/mol. The number of benzene rings is 1. The van der Waals surface area contributed by atoms with Gasteiger partial charge in [-0.15, -0.1) is 11.3 Å². The van der Waals surface area contributed by atoms with E-state index in [0.29, 0.717) is 10.0 Å². The largest absolute Gasteiger partial charge is 0.497 e. The summed E-state index contributed by atoms with van der Waals surface area (Å²) in [5.74, 6) is 0.454. The van der Waals surface area contributed by atoms with Gasteiger partial charge < -0.3 is 9.47 Å². The molecule has 0 aliphatic carbocycles. The predicted molar refractivity (Wildman–Crippen MR) is 99.4 cm³/mol. The first kappa shape index (κ1) is 17.5. The third kappa shape index (κ3) is 4.18. The van der Waals surface area contributed by atoms with Crippen molar-refractivity contribution in [1.29, 1.82) is 0 Å². The van der Waals surface area contributed by atoms with Gasteiger partial charge in [0.15, 0.2) is 0 Å². The molecule has 0 saturated carbocycles. The molecule has 4 nitrogen and oxygen atoms in total. The molecule has 0 aliphatic rings. The van der Waals surface area contributed by atoms with Gasteiger partial charge in [0.25, 0.3) is 0 Å². The summed E-state index contributed by atoms with van der Waals surface area (Å²) in [5.41, 5.74) is 2.85. The van der Waals surface area contributed by atoms with Gasteiger partial charge in [-0.3, -0.25) is 0 Å². The molecule has 0 saturated heterocycles. The SMILES string of the molecule is COc1ccc(-c2cc(C(=O)OCc3ccc(Cl)nc3)sc2C)cc1. The maximum absolute atomic E-state index is 12.3. The van der Waals surface area contributed by atoms with Gasteiger partial charge in [-0.25, -0.2) is 9.78 Å². The smallest absolute Gasteiger partial charge is 0.348 e. The summed E-state index contributed by atoms with van der Waals surface area (Å²) in [7, 11) is 1.63. The van der Waals surface area contributed by atoms with Crippen LogP contribution in [0.3, 0.4) is 0 Å². The molecule has 0 unspecified atom stereocenters. The Bertz CT molecular complexity index is 873. The number of hydrogen-bond acceptors (Lipinski definition) is 5. The molecular weight excluding hydrogens is 358 g/mol. The zero-order valence-electron chi connectivity index (χ0n) is 13.8. The number of halogens is 1. The molecule has 0 aliphatic heterocycles. The normalized spacial score (nSPS) is 10.5. The van der Waals surface area contributed by atoms with E-state index < -0.39 is 0 Å². The van der Waals surface area contributed by atoms with Crippen LogP contribution in [0.1, 0.15) is 20.1 Å². The zero-order chi connectivity index (χ0) is 17.8. The van der Waals surface area contributed by atoms with Gasteiger partial charge in [0, 0.05) is 16.6 Å². The number of methoxy groups -OCH3 is 1. The second-order valence-electron chi connectivity index (χ2n) is 5.37. The van der Waals surface area contributed by atoms with Gasteiger partial charge in [0.2, 0.25) is 0 Å². The number of carbonyl (C=O) groups excluding carboxylic acids is 1. The lowest BCUT2D eigenvalue weighted by atomic mass is 10.1. The lowest BCUT2D eigenvalue weighted by Gasteiger charge is -2.03. The number of hydrogen-bond donors (Lipinski definition) is 0. The third-order valence-electron chi connectivity index (χ3n) is 3.68. The maximum Gasteiger partial charge on any atom is 0.348 e. The van der Waals surface area contributed by atoms with E-state index in [9.17, 15) is 4.79 Å². The van der Waals surface area contributed by atoms with Gasteiger partial charge in [0.05, 0.1) is 7.11 Å². The Morgan fingerprint density at radius 1 is 1.20 bits per heavy atom. The highest BCUT2D eigenvalue weighted by molar-refractivity contribution is 7.14. The molecule has 25 heavy (non-hydrogen) atoms. The van der Waals surface area contributed by atoms with Crippen LogP contribution in [0.15, 0.2) is 48.7 Å². The van der Waals surface area contributed by atoms with Crippen molar-refractivity contribution in [3.8, 4) is 16.9 Å². The Balaban J connectivity index is 1.72. The highest BCUT2D eigenvalue weighted by Gasteiger charge is 2.15. The van der Waals surface area contributed by atoms with Gasteiger partial charge >= 0.3 is 5.97 Å². The van der Waals surface area contributed by atoms with Gasteiger partial charge in [-0.05, 0) is 42.3 Å². The van der Waals surface area contributed by atoms with Crippen molar-refractivity contribution in [2.24, 2.45) is 0 Å². The molecule has 6 heteroatoms. The van der Waals surface area contributed by atoms with Crippen molar-refractivity contribution in [3.05, 3.63) is 69.1 Å². The van der Waals surface area contributed by atoms with E-state index in [-0.39, 0.29) is 12.6 Å². The summed E-state index contributed by atoms with van der Waals surface area (Å²) in [6.45, 7) is 2.15. The van der Waals surface area contributed by atoms with E-state index >= 15 is 0 Å². The molecule has 128 valence electrons. The summed E-state index contributed by atoms with van der Waals surface area (Å²) in [5, 5.41) is 0.410. The number of rotatable bonds is 5. The van der Waals surface area contributed by atoms with Crippen LogP contribution < -0.4 is 4.74 Å². The quantitative estimate of drug-likeness (QED) is 0.459. The van der Waals surface area contributed by atoms with Crippen LogP contribution in [-0.2, 0) is 11.3 Å². The molecule has 0 amide bonds. The van der Waals surface area contributed by atoms with Crippen molar-refractivity contribution in [2.75, 3.05) is 7.11 Å². The summed E-state index contributed by atoms with van der Waals surface area (Å²) < 4.78 is 10.5. The lowest BCUT2D eigenvalue weighted by molar-refractivity contribution is 0.0478. The number of carbonyl (C=O) groups is 1. The Morgan fingerprint density at radius 2 is 1.96 bits per heavy atom. The van der Waals surface area contributed by atoms with E-state index in [1.54, 1.807) is 25.4 Å². The first-order valence-electron chi connectivity index (χ1n) is 7.59. The average Bonchev–Trinajstić information content (AvgIpc) is 3.03. The van der Waals surface area contributed by atoms with E-state index in [2.05, 4.69) is 4.98 Å². The standard InChI is InChI=1S/C19H16ClNO3S/c1-12-16(14-4-6-15(23-2)7-5-14)9-17(25-12)19(22)24-11-13-3-8-18(20)21-10-13/h3-10H,11H2,1-2H3. The minimum absolute atomic E-state index is 0.165. The van der Waals surface area contributed by atoms with Crippen LogP contribution >= 0.6 is 22.9 Å². The maximum atomic E-state index is 12.3. The molecule has 0 spiro atoms. The fourth-order valence-corrected chi connectivity index (χ4v) is 3.40. The minimum Gasteiger partial charge on any atom is -0.497 e. The summed E-state index contributed by atoms with van der Waals surface area (Å²) >= 11 is 7.16. The minimum atomic E-state index is -0.345. The van der Waals surface area contributed by atoms with Gasteiger partial charge in [-0.1, -0.05) is 29.8 Å². The fourth-order valence-electron chi connectivity index (χ4n) is 2.35. The number of thiophene rings is 1. The number of aromatic nitrogens is 1. The highest BCUT2D eigenvalue weighted by Crippen LogP contribution is 2.32. The third-order valence-corrected chi connectivity index (χ3v) is 4.93. The van der Waals surface area contributed by atoms with Gasteiger partial charge in [-0.2, -0.15) is 0 Å². The van der Waals surface area contributed by atoms with Crippen molar-refractivity contribution in [3.63, 3.8) is 0 Å². The van der Waals surface area contributed by atoms with Crippen LogP contribution in [0.4, 0.5) is 0 Å².